The van der Waals surface area contributed by atoms with Gasteiger partial charge in [-0.1, -0.05) is 55.5 Å². The van der Waals surface area contributed by atoms with E-state index in [1.165, 1.54) is 11.1 Å². The number of benzene rings is 3. The lowest BCUT2D eigenvalue weighted by Crippen LogP contribution is -2.41. The van der Waals surface area contributed by atoms with Crippen LogP contribution in [-0.4, -0.2) is 46.5 Å². The molecule has 1 aliphatic heterocycles. The monoisotopic (exact) mass is 634 g/mol. The third kappa shape index (κ3) is 6.77. The zero-order valence-electron chi connectivity index (χ0n) is 28.0. The molecule has 246 valence electrons. The highest BCUT2D eigenvalue weighted by atomic mass is 16.5. The summed E-state index contributed by atoms with van der Waals surface area (Å²) >= 11 is 0. The lowest BCUT2D eigenvalue weighted by molar-refractivity contribution is 0.0523. The second-order valence-electron chi connectivity index (χ2n) is 13.0. The number of aromatic nitrogens is 2. The number of esters is 1. The minimum Gasteiger partial charge on any atom is -0.486 e. The zero-order chi connectivity index (χ0) is 33.1. The summed E-state index contributed by atoms with van der Waals surface area (Å²) in [5.41, 5.74) is 10.3. The molecule has 0 unspecified atom stereocenters. The Balaban J connectivity index is 1.31. The number of nitrogens with two attached hydrogens (primary N) is 1. The number of para-hydroxylation sites is 1. The average Bonchev–Trinajstić information content (AvgIpc) is 3.74. The molecule has 1 aromatic heterocycles. The van der Waals surface area contributed by atoms with Crippen LogP contribution in [0.4, 0.5) is 0 Å². The van der Waals surface area contributed by atoms with Crippen LogP contribution in [0.25, 0.3) is 16.8 Å². The van der Waals surface area contributed by atoms with Crippen molar-refractivity contribution in [3.8, 4) is 22.6 Å². The van der Waals surface area contributed by atoms with Gasteiger partial charge in [-0.3, -0.25) is 10.7 Å². The fraction of sp³-hybridized carbons (Fsp3) is 0.368. The summed E-state index contributed by atoms with van der Waals surface area (Å²) in [7, 11) is 1.84. The van der Waals surface area contributed by atoms with Gasteiger partial charge in [-0.15, -0.1) is 0 Å². The van der Waals surface area contributed by atoms with Crippen LogP contribution < -0.4 is 21.3 Å². The summed E-state index contributed by atoms with van der Waals surface area (Å²) in [6.45, 7) is 10.3. The van der Waals surface area contributed by atoms with Gasteiger partial charge in [-0.2, -0.15) is 5.10 Å². The molecule has 6 rings (SSSR count). The Bertz CT molecular complexity index is 1760. The van der Waals surface area contributed by atoms with E-state index in [1.54, 1.807) is 6.20 Å². The van der Waals surface area contributed by atoms with Gasteiger partial charge >= 0.3 is 5.97 Å². The van der Waals surface area contributed by atoms with Gasteiger partial charge in [-0.05, 0) is 74.6 Å². The Morgan fingerprint density at radius 3 is 2.60 bits per heavy atom. The molecule has 2 aliphatic rings. The van der Waals surface area contributed by atoms with E-state index in [0.29, 0.717) is 12.2 Å². The number of nitrogens with zero attached hydrogens (tertiary/aromatic N) is 3. The number of ether oxygens (including phenoxy) is 2. The minimum atomic E-state index is -0.363. The van der Waals surface area contributed by atoms with Crippen molar-refractivity contribution < 1.29 is 14.3 Å². The van der Waals surface area contributed by atoms with Crippen LogP contribution in [0, 0.1) is 5.92 Å². The number of hydrogen-bond donors (Lipinski definition) is 3. The first kappa shape index (κ1) is 32.3. The van der Waals surface area contributed by atoms with E-state index in [-0.39, 0.29) is 29.4 Å². The number of carbonyl (C=O) groups excluding carboxylic acids is 1. The molecule has 9 heteroatoms. The van der Waals surface area contributed by atoms with Crippen LogP contribution in [-0.2, 0) is 11.3 Å². The molecule has 3 atom stereocenters. The Hall–Kier alpha value is -4.60. The quantitative estimate of drug-likeness (QED) is 0.0980. The summed E-state index contributed by atoms with van der Waals surface area (Å²) < 4.78 is 13.8. The van der Waals surface area contributed by atoms with E-state index in [1.807, 2.05) is 37.0 Å². The third-order valence-corrected chi connectivity index (χ3v) is 9.12. The molecule has 1 fully saturated rings. The maximum atomic E-state index is 13.0. The molecular formula is C38H46N6O3. The van der Waals surface area contributed by atoms with Gasteiger partial charge in [0, 0.05) is 55.5 Å². The second-order valence-corrected chi connectivity index (χ2v) is 13.0. The van der Waals surface area contributed by atoms with Gasteiger partial charge in [0.25, 0.3) is 0 Å². The number of allylic oxidation sites excluding steroid dienone is 1. The topological polar surface area (TPSA) is 107 Å². The summed E-state index contributed by atoms with van der Waals surface area (Å²) in [4.78, 5) is 15.6. The van der Waals surface area contributed by atoms with Crippen molar-refractivity contribution in [3.63, 3.8) is 0 Å². The molecule has 47 heavy (non-hydrogen) atoms. The molecule has 4 aromatic rings. The molecule has 2 heterocycles. The van der Waals surface area contributed by atoms with E-state index in [2.05, 4.69) is 97.1 Å². The van der Waals surface area contributed by atoms with Crippen LogP contribution >= 0.6 is 0 Å². The smallest absolute Gasteiger partial charge is 0.341 e. The molecule has 0 bridgehead atoms. The van der Waals surface area contributed by atoms with Gasteiger partial charge in [0.15, 0.2) is 0 Å². The predicted molar refractivity (Wildman–Crippen MR) is 185 cm³/mol. The molecule has 9 nitrogen and oxygen atoms in total. The molecule has 3 aromatic carbocycles. The largest absolute Gasteiger partial charge is 0.486 e. The average molecular weight is 635 g/mol. The van der Waals surface area contributed by atoms with Crippen molar-refractivity contribution in [1.29, 1.82) is 0 Å². The number of rotatable bonds is 11. The lowest BCUT2D eigenvalue weighted by Gasteiger charge is -2.33. The third-order valence-electron chi connectivity index (χ3n) is 9.12. The van der Waals surface area contributed by atoms with Crippen molar-refractivity contribution in [3.05, 3.63) is 113 Å². The molecule has 0 amide bonds. The number of nitrogens with one attached hydrogen (secondary N) is 2. The van der Waals surface area contributed by atoms with E-state index < -0.39 is 0 Å². The summed E-state index contributed by atoms with van der Waals surface area (Å²) in [6.07, 6.45) is 5.33. The summed E-state index contributed by atoms with van der Waals surface area (Å²) in [5.74, 6) is 6.67. The lowest BCUT2D eigenvalue weighted by atomic mass is 9.99. The summed E-state index contributed by atoms with van der Waals surface area (Å²) in [6, 6.07) is 25.8. The fourth-order valence-electron chi connectivity index (χ4n) is 7.06. The van der Waals surface area contributed by atoms with Crippen molar-refractivity contribution in [2.45, 2.75) is 64.6 Å². The maximum absolute atomic E-state index is 13.0. The first-order valence-corrected chi connectivity index (χ1v) is 16.6. The van der Waals surface area contributed by atoms with Gasteiger partial charge < -0.3 is 20.2 Å². The molecule has 4 N–H and O–H groups in total. The Morgan fingerprint density at radius 1 is 1.09 bits per heavy atom. The van der Waals surface area contributed by atoms with Crippen LogP contribution in [0.3, 0.4) is 0 Å². The highest BCUT2D eigenvalue weighted by Gasteiger charge is 2.46. The van der Waals surface area contributed by atoms with Crippen molar-refractivity contribution in [2.24, 2.45) is 11.8 Å². The molecule has 0 saturated heterocycles. The van der Waals surface area contributed by atoms with Crippen LogP contribution in [0.1, 0.15) is 79.7 Å². The van der Waals surface area contributed by atoms with Gasteiger partial charge in [0.05, 0.1) is 24.2 Å². The highest BCUT2D eigenvalue weighted by Crippen LogP contribution is 2.52. The van der Waals surface area contributed by atoms with Crippen LogP contribution in [0.5, 0.6) is 5.75 Å². The molecule has 0 spiro atoms. The van der Waals surface area contributed by atoms with E-state index in [9.17, 15) is 4.79 Å². The van der Waals surface area contributed by atoms with Crippen LogP contribution in [0.2, 0.25) is 0 Å². The molecule has 1 saturated carbocycles. The molecular weight excluding hydrogens is 588 g/mol. The SMILES string of the molecule is CCOC(=O)c1cnn(-c2cccc(-c3cccc(CN4CC(C)(C)Oc5ccccc5[C@H]4CC)c3)c2)c1[C@@H]1C[C@H]1/C(=C/NC)NN. The number of fused-ring (bicyclic) bond motifs is 1. The maximum Gasteiger partial charge on any atom is 0.341 e. The van der Waals surface area contributed by atoms with Gasteiger partial charge in [0.1, 0.15) is 16.9 Å². The zero-order valence-corrected chi connectivity index (χ0v) is 28.0. The first-order chi connectivity index (χ1) is 22.8. The molecule has 1 aliphatic carbocycles. The van der Waals surface area contributed by atoms with Crippen LogP contribution in [0.15, 0.2) is 90.9 Å². The Labute approximate surface area is 277 Å². The van der Waals surface area contributed by atoms with Crippen molar-refractivity contribution in [1.82, 2.24) is 25.4 Å². The number of hydrogen-bond acceptors (Lipinski definition) is 8. The highest BCUT2D eigenvalue weighted by molar-refractivity contribution is 5.91. The van der Waals surface area contributed by atoms with E-state index in [0.717, 1.165) is 59.9 Å². The standard InChI is InChI=1S/C38H46N6O3/c1-6-34-29-16-8-9-17-35(29)47-38(3,4)24-43(34)23-25-12-10-13-26(18-25)27-14-11-15-28(19-27)44-36(32(21-41-44)37(45)46-7-2)31-20-30(31)33(42-39)22-40-5/h8-19,21-22,30-31,34,40,42H,6-7,20,23-24,39H2,1-5H3/b33-22-/t30-,31-,34-/m1/s1. The Morgan fingerprint density at radius 2 is 1.85 bits per heavy atom. The van der Waals surface area contributed by atoms with Crippen molar-refractivity contribution in [2.75, 3.05) is 20.2 Å². The molecule has 0 radical (unpaired) electrons. The normalized spacial score (nSPS) is 20.5. The minimum absolute atomic E-state index is 0.0676. The number of hydrazine groups is 1. The van der Waals surface area contributed by atoms with E-state index >= 15 is 0 Å². The van der Waals surface area contributed by atoms with Gasteiger partial charge in [-0.25, -0.2) is 9.48 Å². The first-order valence-electron chi connectivity index (χ1n) is 16.6. The Kier molecular flexibility index (Phi) is 9.38. The van der Waals surface area contributed by atoms with Crippen molar-refractivity contribution >= 4 is 5.97 Å². The summed E-state index contributed by atoms with van der Waals surface area (Å²) in [5, 5.41) is 7.77. The number of carbonyl (C=O) groups is 1. The van der Waals surface area contributed by atoms with E-state index in [4.69, 9.17) is 20.4 Å². The predicted octanol–water partition coefficient (Wildman–Crippen LogP) is 6.47. The second kappa shape index (κ2) is 13.6. The van der Waals surface area contributed by atoms with Gasteiger partial charge in [0.2, 0.25) is 0 Å². The fourth-order valence-corrected chi connectivity index (χ4v) is 7.06.